The summed E-state index contributed by atoms with van der Waals surface area (Å²) >= 11 is 0. The van der Waals surface area contributed by atoms with Gasteiger partial charge in [0.15, 0.2) is 0 Å². The van der Waals surface area contributed by atoms with Gasteiger partial charge < -0.3 is 10.0 Å². The number of carboxylic acids is 1. The Hall–Kier alpha value is -1.84. The van der Waals surface area contributed by atoms with Gasteiger partial charge in [-0.05, 0) is 36.3 Å². The highest BCUT2D eigenvalue weighted by atomic mass is 16.4. The lowest BCUT2D eigenvalue weighted by Gasteiger charge is -2.38. The minimum absolute atomic E-state index is 0.0837. The first-order valence-electron chi connectivity index (χ1n) is 7.42. The molecular weight excluding hydrogens is 266 g/mol. The summed E-state index contributed by atoms with van der Waals surface area (Å²) in [7, 11) is 0. The van der Waals surface area contributed by atoms with E-state index in [9.17, 15) is 14.7 Å². The van der Waals surface area contributed by atoms with Gasteiger partial charge in [0.05, 0.1) is 11.1 Å². The van der Waals surface area contributed by atoms with Crippen molar-refractivity contribution in [3.8, 4) is 0 Å². The number of piperidine rings is 1. The van der Waals surface area contributed by atoms with Crippen LogP contribution in [-0.4, -0.2) is 35.0 Å². The summed E-state index contributed by atoms with van der Waals surface area (Å²) in [5.74, 6) is -0.611. The largest absolute Gasteiger partial charge is 0.478 e. The van der Waals surface area contributed by atoms with Crippen molar-refractivity contribution in [2.24, 2.45) is 11.3 Å². The van der Waals surface area contributed by atoms with Crippen molar-refractivity contribution in [3.05, 3.63) is 35.4 Å². The molecule has 0 unspecified atom stereocenters. The second kappa shape index (κ2) is 5.88. The first-order valence-corrected chi connectivity index (χ1v) is 7.42. The zero-order valence-electron chi connectivity index (χ0n) is 12.9. The smallest absolute Gasteiger partial charge is 0.336 e. The molecular formula is C17H23NO3. The van der Waals surface area contributed by atoms with Crippen LogP contribution in [0.3, 0.4) is 0 Å². The molecule has 21 heavy (non-hydrogen) atoms. The molecule has 1 N–H and O–H groups in total. The van der Waals surface area contributed by atoms with E-state index in [-0.39, 0.29) is 16.9 Å². The van der Waals surface area contributed by atoms with Crippen LogP contribution in [0.25, 0.3) is 0 Å². The summed E-state index contributed by atoms with van der Waals surface area (Å²) in [4.78, 5) is 25.5. The quantitative estimate of drug-likeness (QED) is 0.909. The average Bonchev–Trinajstić information content (AvgIpc) is 2.45. The number of likely N-dealkylation sites (tertiary alicyclic amines) is 1. The van der Waals surface area contributed by atoms with Gasteiger partial charge in [-0.2, -0.15) is 0 Å². The van der Waals surface area contributed by atoms with Crippen molar-refractivity contribution in [2.75, 3.05) is 13.1 Å². The summed E-state index contributed by atoms with van der Waals surface area (Å²) in [6.45, 7) is 8.10. The maximum atomic E-state index is 12.5. The third kappa shape index (κ3) is 3.43. The minimum atomic E-state index is -1.05. The number of benzene rings is 1. The van der Waals surface area contributed by atoms with E-state index >= 15 is 0 Å². The standard InChI is InChI=1S/C17H23NO3/c1-17(2,3)12-8-10-18(11-9-12)15(19)13-6-4-5-7-14(13)16(20)21/h4-7,12H,8-11H2,1-3H3,(H,20,21). The van der Waals surface area contributed by atoms with E-state index in [1.165, 1.54) is 6.07 Å². The van der Waals surface area contributed by atoms with Crippen molar-refractivity contribution in [1.82, 2.24) is 4.90 Å². The van der Waals surface area contributed by atoms with E-state index < -0.39 is 5.97 Å². The Labute approximate surface area is 125 Å². The van der Waals surface area contributed by atoms with Gasteiger partial charge in [-0.25, -0.2) is 4.79 Å². The molecule has 1 saturated heterocycles. The monoisotopic (exact) mass is 289 g/mol. The summed E-state index contributed by atoms with van der Waals surface area (Å²) < 4.78 is 0. The van der Waals surface area contributed by atoms with Crippen LogP contribution in [0.5, 0.6) is 0 Å². The second-order valence-electron chi connectivity index (χ2n) is 6.78. The minimum Gasteiger partial charge on any atom is -0.478 e. The van der Waals surface area contributed by atoms with E-state index in [1.807, 2.05) is 0 Å². The van der Waals surface area contributed by atoms with Gasteiger partial charge in [0, 0.05) is 13.1 Å². The Kier molecular flexibility index (Phi) is 4.35. The van der Waals surface area contributed by atoms with Gasteiger partial charge >= 0.3 is 5.97 Å². The molecule has 1 fully saturated rings. The van der Waals surface area contributed by atoms with Crippen molar-refractivity contribution >= 4 is 11.9 Å². The zero-order valence-corrected chi connectivity index (χ0v) is 12.9. The fourth-order valence-electron chi connectivity index (χ4n) is 2.98. The number of rotatable bonds is 2. The van der Waals surface area contributed by atoms with E-state index in [4.69, 9.17) is 0 Å². The van der Waals surface area contributed by atoms with Crippen LogP contribution in [0, 0.1) is 11.3 Å². The molecule has 2 rings (SSSR count). The summed E-state index contributed by atoms with van der Waals surface area (Å²) in [5, 5.41) is 9.19. The molecule has 0 aliphatic carbocycles. The first kappa shape index (κ1) is 15.5. The lowest BCUT2D eigenvalue weighted by Crippen LogP contribution is -2.41. The maximum absolute atomic E-state index is 12.5. The molecule has 1 aliphatic heterocycles. The number of carbonyl (C=O) groups is 2. The third-order valence-electron chi connectivity index (χ3n) is 4.39. The van der Waals surface area contributed by atoms with Crippen LogP contribution < -0.4 is 0 Å². The Balaban J connectivity index is 2.11. The van der Waals surface area contributed by atoms with E-state index in [0.717, 1.165) is 12.8 Å². The Morgan fingerprint density at radius 1 is 1.10 bits per heavy atom. The number of carbonyl (C=O) groups excluding carboxylic acids is 1. The zero-order chi connectivity index (χ0) is 15.6. The Morgan fingerprint density at radius 3 is 2.10 bits per heavy atom. The fourth-order valence-corrected chi connectivity index (χ4v) is 2.98. The first-order chi connectivity index (χ1) is 9.80. The maximum Gasteiger partial charge on any atom is 0.336 e. The molecule has 0 atom stereocenters. The number of nitrogens with zero attached hydrogens (tertiary/aromatic N) is 1. The van der Waals surface area contributed by atoms with Crippen LogP contribution in [0.4, 0.5) is 0 Å². The van der Waals surface area contributed by atoms with Crippen LogP contribution in [0.15, 0.2) is 24.3 Å². The molecule has 0 saturated carbocycles. The van der Waals surface area contributed by atoms with Crippen LogP contribution >= 0.6 is 0 Å². The molecule has 114 valence electrons. The van der Waals surface area contributed by atoms with Crippen molar-refractivity contribution < 1.29 is 14.7 Å². The molecule has 1 aromatic rings. The van der Waals surface area contributed by atoms with Crippen molar-refractivity contribution in [1.29, 1.82) is 0 Å². The topological polar surface area (TPSA) is 57.6 Å². The molecule has 1 aliphatic rings. The van der Waals surface area contributed by atoms with Gasteiger partial charge in [-0.1, -0.05) is 32.9 Å². The third-order valence-corrected chi connectivity index (χ3v) is 4.39. The normalized spacial score (nSPS) is 16.8. The predicted molar refractivity (Wildman–Crippen MR) is 81.5 cm³/mol. The average molecular weight is 289 g/mol. The van der Waals surface area contributed by atoms with Crippen LogP contribution in [0.2, 0.25) is 0 Å². The summed E-state index contributed by atoms with van der Waals surface area (Å²) in [6.07, 6.45) is 1.95. The summed E-state index contributed by atoms with van der Waals surface area (Å²) in [5.41, 5.74) is 0.633. The van der Waals surface area contributed by atoms with Gasteiger partial charge in [0.2, 0.25) is 0 Å². The van der Waals surface area contributed by atoms with Gasteiger partial charge in [-0.15, -0.1) is 0 Å². The molecule has 0 spiro atoms. The summed E-state index contributed by atoms with van der Waals surface area (Å²) in [6, 6.07) is 6.44. The number of hydrogen-bond donors (Lipinski definition) is 1. The van der Waals surface area contributed by atoms with Gasteiger partial charge in [0.1, 0.15) is 0 Å². The number of hydrogen-bond acceptors (Lipinski definition) is 2. The molecule has 0 bridgehead atoms. The van der Waals surface area contributed by atoms with Crippen LogP contribution in [0.1, 0.15) is 54.3 Å². The predicted octanol–water partition coefficient (Wildman–Crippen LogP) is 3.28. The molecule has 0 aromatic heterocycles. The highest BCUT2D eigenvalue weighted by molar-refractivity contribution is 6.04. The molecule has 4 nitrogen and oxygen atoms in total. The number of carboxylic acid groups (broad SMARTS) is 1. The Morgan fingerprint density at radius 2 is 1.62 bits per heavy atom. The van der Waals surface area contributed by atoms with Crippen molar-refractivity contribution in [3.63, 3.8) is 0 Å². The molecule has 1 aromatic carbocycles. The highest BCUT2D eigenvalue weighted by Crippen LogP contribution is 2.34. The van der Waals surface area contributed by atoms with Gasteiger partial charge in [-0.3, -0.25) is 4.79 Å². The molecule has 0 radical (unpaired) electrons. The fraction of sp³-hybridized carbons (Fsp3) is 0.529. The van der Waals surface area contributed by atoms with E-state index in [1.54, 1.807) is 23.1 Å². The van der Waals surface area contributed by atoms with Crippen molar-refractivity contribution in [2.45, 2.75) is 33.6 Å². The molecule has 1 amide bonds. The number of aromatic carboxylic acids is 1. The number of amides is 1. The van der Waals surface area contributed by atoms with E-state index in [0.29, 0.717) is 24.6 Å². The van der Waals surface area contributed by atoms with Crippen LogP contribution in [-0.2, 0) is 0 Å². The molecule has 1 heterocycles. The second-order valence-corrected chi connectivity index (χ2v) is 6.78. The SMILES string of the molecule is CC(C)(C)C1CCN(C(=O)c2ccccc2C(=O)O)CC1. The lowest BCUT2D eigenvalue weighted by atomic mass is 9.75. The van der Waals surface area contributed by atoms with Gasteiger partial charge in [0.25, 0.3) is 5.91 Å². The highest BCUT2D eigenvalue weighted by Gasteiger charge is 2.31. The van der Waals surface area contributed by atoms with E-state index in [2.05, 4.69) is 20.8 Å². The lowest BCUT2D eigenvalue weighted by molar-refractivity contribution is 0.0593. The molecule has 4 heteroatoms. The Bertz CT molecular complexity index is 537.